The Morgan fingerprint density at radius 3 is 2.61 bits per heavy atom. The monoisotopic (exact) mass is 248 g/mol. The molecule has 5 heteroatoms. The molecule has 0 spiro atoms. The van der Waals surface area contributed by atoms with E-state index in [9.17, 15) is 4.79 Å². The molecular formula is C13H20N4O. The molecule has 0 radical (unpaired) electrons. The number of rotatable bonds is 4. The lowest BCUT2D eigenvalue weighted by atomic mass is 9.78. The molecule has 0 fully saturated rings. The summed E-state index contributed by atoms with van der Waals surface area (Å²) in [4.78, 5) is 16.7. The number of hydrogen-bond acceptors (Lipinski definition) is 3. The van der Waals surface area contributed by atoms with E-state index in [2.05, 4.69) is 23.8 Å². The van der Waals surface area contributed by atoms with Gasteiger partial charge < -0.3 is 21.4 Å². The van der Waals surface area contributed by atoms with Crippen LogP contribution < -0.4 is 17.2 Å². The summed E-state index contributed by atoms with van der Waals surface area (Å²) in [5, 5.41) is 0. The van der Waals surface area contributed by atoms with Crippen molar-refractivity contribution in [1.82, 2.24) is 9.97 Å². The van der Waals surface area contributed by atoms with Gasteiger partial charge in [-0.3, -0.25) is 0 Å². The zero-order valence-corrected chi connectivity index (χ0v) is 10.8. The second kappa shape index (κ2) is 4.59. The van der Waals surface area contributed by atoms with Gasteiger partial charge in [-0.25, -0.2) is 4.79 Å². The van der Waals surface area contributed by atoms with Gasteiger partial charge in [0, 0.05) is 6.04 Å². The number of nitrogens with two attached hydrogens (primary N) is 2. The number of fused-ring (bicyclic) bond motifs is 1. The lowest BCUT2D eigenvalue weighted by Gasteiger charge is -2.31. The van der Waals surface area contributed by atoms with Gasteiger partial charge in [-0.15, -0.1) is 0 Å². The predicted molar refractivity (Wildman–Crippen MR) is 73.3 cm³/mol. The lowest BCUT2D eigenvalue weighted by molar-refractivity contribution is 0.271. The molecule has 1 aromatic carbocycles. The zero-order chi connectivity index (χ0) is 13.3. The lowest BCUT2D eigenvalue weighted by Crippen LogP contribution is -2.31. The van der Waals surface area contributed by atoms with E-state index in [0.717, 1.165) is 23.0 Å². The Hall–Kier alpha value is -1.59. The average Bonchev–Trinajstić information content (AvgIpc) is 2.66. The van der Waals surface area contributed by atoms with Gasteiger partial charge in [0.15, 0.2) is 0 Å². The van der Waals surface area contributed by atoms with Gasteiger partial charge in [0.1, 0.15) is 0 Å². The number of aromatic nitrogens is 2. The van der Waals surface area contributed by atoms with Gasteiger partial charge in [-0.1, -0.05) is 19.9 Å². The summed E-state index contributed by atoms with van der Waals surface area (Å²) in [5.41, 5.74) is 14.2. The van der Waals surface area contributed by atoms with Crippen molar-refractivity contribution in [1.29, 1.82) is 0 Å². The van der Waals surface area contributed by atoms with Crippen LogP contribution in [0.15, 0.2) is 23.0 Å². The third kappa shape index (κ3) is 2.32. The van der Waals surface area contributed by atoms with Crippen LogP contribution in [0.2, 0.25) is 0 Å². The van der Waals surface area contributed by atoms with Crippen LogP contribution >= 0.6 is 0 Å². The van der Waals surface area contributed by atoms with Gasteiger partial charge in [-0.2, -0.15) is 0 Å². The number of aromatic amines is 2. The van der Waals surface area contributed by atoms with Crippen LogP contribution in [0.25, 0.3) is 11.0 Å². The number of nitrogens with one attached hydrogen (secondary N) is 2. The van der Waals surface area contributed by atoms with Crippen molar-refractivity contribution in [2.24, 2.45) is 16.9 Å². The topological polar surface area (TPSA) is 101 Å². The van der Waals surface area contributed by atoms with Crippen molar-refractivity contribution in [3.05, 3.63) is 34.2 Å². The average molecular weight is 248 g/mol. The maximum Gasteiger partial charge on any atom is 0.323 e. The van der Waals surface area contributed by atoms with E-state index in [4.69, 9.17) is 11.5 Å². The Labute approximate surface area is 106 Å². The number of imidazole rings is 1. The molecular weight excluding hydrogens is 228 g/mol. The molecule has 0 aliphatic heterocycles. The van der Waals surface area contributed by atoms with Gasteiger partial charge >= 0.3 is 5.69 Å². The summed E-state index contributed by atoms with van der Waals surface area (Å²) in [6.07, 6.45) is 0.857. The molecule has 1 aromatic heterocycles. The maximum absolute atomic E-state index is 11.2. The third-order valence-electron chi connectivity index (χ3n) is 3.53. The second-order valence-corrected chi connectivity index (χ2v) is 5.39. The van der Waals surface area contributed by atoms with E-state index in [0.29, 0.717) is 6.54 Å². The smallest absolute Gasteiger partial charge is 0.323 e. The van der Waals surface area contributed by atoms with Crippen molar-refractivity contribution in [3.8, 4) is 0 Å². The van der Waals surface area contributed by atoms with Crippen molar-refractivity contribution in [3.63, 3.8) is 0 Å². The van der Waals surface area contributed by atoms with E-state index in [-0.39, 0.29) is 17.1 Å². The summed E-state index contributed by atoms with van der Waals surface area (Å²) >= 11 is 0. The normalized spacial score (nSPS) is 14.0. The Balaban J connectivity index is 2.38. The molecule has 0 amide bonds. The minimum absolute atomic E-state index is 0.0704. The SMILES string of the molecule is CC(C)(CCN)C(N)c1ccc2[nH]c(=O)[nH]c2c1. The Bertz CT molecular complexity index is 596. The van der Waals surface area contributed by atoms with Crippen LogP contribution in [-0.4, -0.2) is 16.5 Å². The number of H-pyrrole nitrogens is 2. The molecule has 18 heavy (non-hydrogen) atoms. The highest BCUT2D eigenvalue weighted by Crippen LogP contribution is 2.34. The predicted octanol–water partition coefficient (Wildman–Crippen LogP) is 1.23. The fourth-order valence-corrected chi connectivity index (χ4v) is 2.22. The first-order valence-corrected chi connectivity index (χ1v) is 6.11. The molecule has 2 aromatic rings. The Morgan fingerprint density at radius 1 is 1.28 bits per heavy atom. The first-order chi connectivity index (χ1) is 8.44. The summed E-state index contributed by atoms with van der Waals surface area (Å²) < 4.78 is 0. The summed E-state index contributed by atoms with van der Waals surface area (Å²) in [6, 6.07) is 5.65. The van der Waals surface area contributed by atoms with Crippen LogP contribution in [0.5, 0.6) is 0 Å². The van der Waals surface area contributed by atoms with Gasteiger partial charge in [-0.05, 0) is 36.1 Å². The Morgan fingerprint density at radius 2 is 1.94 bits per heavy atom. The molecule has 6 N–H and O–H groups in total. The van der Waals surface area contributed by atoms with E-state index in [1.165, 1.54) is 0 Å². The summed E-state index contributed by atoms with van der Waals surface area (Å²) in [5.74, 6) is 0. The molecule has 1 atom stereocenters. The van der Waals surface area contributed by atoms with Gasteiger partial charge in [0.25, 0.3) is 0 Å². The van der Waals surface area contributed by atoms with Crippen molar-refractivity contribution < 1.29 is 0 Å². The number of benzene rings is 1. The Kier molecular flexibility index (Phi) is 3.28. The molecule has 0 aliphatic carbocycles. The second-order valence-electron chi connectivity index (χ2n) is 5.39. The largest absolute Gasteiger partial charge is 0.330 e. The highest BCUT2D eigenvalue weighted by Gasteiger charge is 2.27. The van der Waals surface area contributed by atoms with Crippen LogP contribution in [0.1, 0.15) is 31.9 Å². The van der Waals surface area contributed by atoms with Crippen molar-refractivity contribution in [2.75, 3.05) is 6.54 Å². The van der Waals surface area contributed by atoms with Gasteiger partial charge in [0.2, 0.25) is 0 Å². The fraction of sp³-hybridized carbons (Fsp3) is 0.462. The summed E-state index contributed by atoms with van der Waals surface area (Å²) in [7, 11) is 0. The molecule has 0 saturated carbocycles. The van der Waals surface area contributed by atoms with Crippen molar-refractivity contribution in [2.45, 2.75) is 26.3 Å². The van der Waals surface area contributed by atoms with Crippen LogP contribution in [0, 0.1) is 5.41 Å². The van der Waals surface area contributed by atoms with E-state index < -0.39 is 0 Å². The molecule has 1 heterocycles. The minimum atomic E-state index is -0.197. The van der Waals surface area contributed by atoms with Crippen LogP contribution in [-0.2, 0) is 0 Å². The zero-order valence-electron chi connectivity index (χ0n) is 10.8. The van der Waals surface area contributed by atoms with Crippen LogP contribution in [0.3, 0.4) is 0 Å². The highest BCUT2D eigenvalue weighted by atomic mass is 16.1. The molecule has 98 valence electrons. The molecule has 0 bridgehead atoms. The molecule has 2 rings (SSSR count). The molecule has 5 nitrogen and oxygen atoms in total. The third-order valence-corrected chi connectivity index (χ3v) is 3.53. The molecule has 1 unspecified atom stereocenters. The molecule has 0 aliphatic rings. The fourth-order valence-electron chi connectivity index (χ4n) is 2.22. The van der Waals surface area contributed by atoms with Crippen molar-refractivity contribution >= 4 is 11.0 Å². The molecule has 0 saturated heterocycles. The van der Waals surface area contributed by atoms with E-state index in [1.807, 2.05) is 18.2 Å². The number of hydrogen-bond donors (Lipinski definition) is 4. The maximum atomic E-state index is 11.2. The first-order valence-electron chi connectivity index (χ1n) is 6.11. The summed E-state index contributed by atoms with van der Waals surface area (Å²) in [6.45, 7) is 4.83. The van der Waals surface area contributed by atoms with E-state index in [1.54, 1.807) is 0 Å². The minimum Gasteiger partial charge on any atom is -0.330 e. The van der Waals surface area contributed by atoms with Gasteiger partial charge in [0.05, 0.1) is 11.0 Å². The first kappa shape index (κ1) is 12.9. The standard InChI is InChI=1S/C13H20N4O/c1-13(2,5-6-14)11(15)8-3-4-9-10(7-8)17-12(18)16-9/h3-4,7,11H,5-6,14-15H2,1-2H3,(H2,16,17,18). The van der Waals surface area contributed by atoms with Crippen LogP contribution in [0.4, 0.5) is 0 Å². The highest BCUT2D eigenvalue weighted by molar-refractivity contribution is 5.75. The quantitative estimate of drug-likeness (QED) is 0.654. The van der Waals surface area contributed by atoms with E-state index >= 15 is 0 Å².